The number of ether oxygens (including phenoxy) is 1. The van der Waals surface area contributed by atoms with E-state index in [4.69, 9.17) is 33.7 Å². The predicted molar refractivity (Wildman–Crippen MR) is 77.9 cm³/mol. The first kappa shape index (κ1) is 14.0. The molecule has 0 spiro atoms. The van der Waals surface area contributed by atoms with Gasteiger partial charge in [-0.1, -0.05) is 29.3 Å². The van der Waals surface area contributed by atoms with Crippen LogP contribution in [0.2, 0.25) is 10.0 Å². The number of halogens is 2. The van der Waals surface area contributed by atoms with Crippen molar-refractivity contribution in [3.8, 4) is 5.75 Å². The van der Waals surface area contributed by atoms with Crippen LogP contribution in [0.15, 0.2) is 36.4 Å². The van der Waals surface area contributed by atoms with Gasteiger partial charge in [0.15, 0.2) is 0 Å². The predicted octanol–water partition coefficient (Wildman–Crippen LogP) is 3.67. The highest BCUT2D eigenvalue weighted by atomic mass is 35.5. The lowest BCUT2D eigenvalue weighted by Crippen LogP contribution is -2.05. The maximum Gasteiger partial charge on any atom is 0.125 e. The van der Waals surface area contributed by atoms with E-state index in [-0.39, 0.29) is 0 Å². The van der Waals surface area contributed by atoms with Crippen molar-refractivity contribution >= 4 is 28.9 Å². The smallest absolute Gasteiger partial charge is 0.125 e. The van der Waals surface area contributed by atoms with E-state index in [2.05, 4.69) is 0 Å². The molecular formula is C14H13Cl2NO2. The molecule has 0 bridgehead atoms. The molecule has 0 aliphatic rings. The van der Waals surface area contributed by atoms with Gasteiger partial charge in [-0.2, -0.15) is 0 Å². The van der Waals surface area contributed by atoms with Crippen LogP contribution in [-0.2, 0) is 0 Å². The number of nitrogens with two attached hydrogens (primary N) is 1. The summed E-state index contributed by atoms with van der Waals surface area (Å²) in [6.07, 6.45) is -0.925. The minimum Gasteiger partial charge on any atom is -0.496 e. The molecule has 5 heteroatoms. The lowest BCUT2D eigenvalue weighted by molar-refractivity contribution is 0.215. The molecule has 2 aromatic rings. The molecule has 0 saturated heterocycles. The van der Waals surface area contributed by atoms with E-state index in [0.717, 1.165) is 0 Å². The summed E-state index contributed by atoms with van der Waals surface area (Å²) in [4.78, 5) is 0. The van der Waals surface area contributed by atoms with Crippen LogP contribution in [0.25, 0.3) is 0 Å². The Morgan fingerprint density at radius 3 is 2.32 bits per heavy atom. The first-order valence-corrected chi connectivity index (χ1v) is 6.35. The average Bonchev–Trinajstić information content (AvgIpc) is 2.38. The summed E-state index contributed by atoms with van der Waals surface area (Å²) in [6.45, 7) is 0. The van der Waals surface area contributed by atoms with Crippen LogP contribution in [0.4, 0.5) is 5.69 Å². The van der Waals surface area contributed by atoms with Crippen LogP contribution >= 0.6 is 23.2 Å². The molecule has 0 aliphatic heterocycles. The van der Waals surface area contributed by atoms with Gasteiger partial charge in [0.1, 0.15) is 11.9 Å². The number of methoxy groups -OCH3 is 1. The SMILES string of the molecule is COc1ccc(Cl)cc1C(O)c1ccc(Cl)cc1N. The molecule has 2 aromatic carbocycles. The summed E-state index contributed by atoms with van der Waals surface area (Å²) in [5.41, 5.74) is 7.41. The van der Waals surface area contributed by atoms with E-state index in [1.165, 1.54) is 7.11 Å². The van der Waals surface area contributed by atoms with Gasteiger partial charge in [0.25, 0.3) is 0 Å². The summed E-state index contributed by atoms with van der Waals surface area (Å²) < 4.78 is 5.22. The number of aliphatic hydroxyl groups excluding tert-OH is 1. The second-order valence-electron chi connectivity index (χ2n) is 4.06. The molecule has 1 atom stereocenters. The molecule has 0 radical (unpaired) electrons. The van der Waals surface area contributed by atoms with Gasteiger partial charge in [0.2, 0.25) is 0 Å². The van der Waals surface area contributed by atoms with Gasteiger partial charge in [0, 0.05) is 26.9 Å². The van der Waals surface area contributed by atoms with E-state index in [9.17, 15) is 5.11 Å². The zero-order chi connectivity index (χ0) is 14.0. The lowest BCUT2D eigenvalue weighted by Gasteiger charge is -2.17. The van der Waals surface area contributed by atoms with Crippen molar-refractivity contribution in [3.05, 3.63) is 57.6 Å². The normalized spacial score (nSPS) is 12.2. The highest BCUT2D eigenvalue weighted by Crippen LogP contribution is 2.35. The molecule has 2 rings (SSSR count). The molecule has 0 aliphatic carbocycles. The number of aliphatic hydroxyl groups is 1. The quantitative estimate of drug-likeness (QED) is 0.850. The van der Waals surface area contributed by atoms with Crippen molar-refractivity contribution in [2.75, 3.05) is 12.8 Å². The van der Waals surface area contributed by atoms with Gasteiger partial charge in [-0.25, -0.2) is 0 Å². The van der Waals surface area contributed by atoms with Gasteiger partial charge in [-0.3, -0.25) is 0 Å². The molecule has 19 heavy (non-hydrogen) atoms. The Hall–Kier alpha value is -1.42. The van der Waals surface area contributed by atoms with Crippen LogP contribution in [0.5, 0.6) is 5.75 Å². The maximum absolute atomic E-state index is 10.4. The zero-order valence-electron chi connectivity index (χ0n) is 10.2. The summed E-state index contributed by atoms with van der Waals surface area (Å²) >= 11 is 11.8. The number of benzene rings is 2. The third-order valence-electron chi connectivity index (χ3n) is 2.83. The zero-order valence-corrected chi connectivity index (χ0v) is 11.7. The first-order chi connectivity index (χ1) is 9.02. The van der Waals surface area contributed by atoms with Crippen LogP contribution < -0.4 is 10.5 Å². The Bertz CT molecular complexity index is 602. The molecule has 3 nitrogen and oxygen atoms in total. The molecule has 0 heterocycles. The highest BCUT2D eigenvalue weighted by Gasteiger charge is 2.18. The Morgan fingerprint density at radius 2 is 1.68 bits per heavy atom. The topological polar surface area (TPSA) is 55.5 Å². The maximum atomic E-state index is 10.4. The molecule has 0 fully saturated rings. The van der Waals surface area contributed by atoms with Crippen molar-refractivity contribution < 1.29 is 9.84 Å². The third-order valence-corrected chi connectivity index (χ3v) is 3.30. The van der Waals surface area contributed by atoms with Crippen molar-refractivity contribution in [1.82, 2.24) is 0 Å². The highest BCUT2D eigenvalue weighted by molar-refractivity contribution is 6.31. The van der Waals surface area contributed by atoms with Crippen molar-refractivity contribution in [2.45, 2.75) is 6.10 Å². The standard InChI is InChI=1S/C14H13Cl2NO2/c1-19-13-5-3-8(15)6-11(13)14(18)10-4-2-9(16)7-12(10)17/h2-7,14,18H,17H2,1H3. The van der Waals surface area contributed by atoms with Gasteiger partial charge >= 0.3 is 0 Å². The van der Waals surface area contributed by atoms with Crippen LogP contribution in [0.1, 0.15) is 17.2 Å². The van der Waals surface area contributed by atoms with E-state index in [0.29, 0.717) is 32.6 Å². The Kier molecular flexibility index (Phi) is 4.20. The van der Waals surface area contributed by atoms with Gasteiger partial charge in [-0.15, -0.1) is 0 Å². The van der Waals surface area contributed by atoms with Crippen LogP contribution in [0.3, 0.4) is 0 Å². The fourth-order valence-corrected chi connectivity index (χ4v) is 2.24. The van der Waals surface area contributed by atoms with Gasteiger partial charge in [0.05, 0.1) is 7.11 Å². The molecule has 3 N–H and O–H groups in total. The Labute approximate surface area is 121 Å². The monoisotopic (exact) mass is 297 g/mol. The van der Waals surface area contributed by atoms with Crippen LogP contribution in [-0.4, -0.2) is 12.2 Å². The first-order valence-electron chi connectivity index (χ1n) is 5.59. The average molecular weight is 298 g/mol. The summed E-state index contributed by atoms with van der Waals surface area (Å²) in [5, 5.41) is 11.5. The van der Waals surface area contributed by atoms with Gasteiger partial charge in [-0.05, 0) is 30.3 Å². The number of rotatable bonds is 3. The number of hydrogen-bond donors (Lipinski definition) is 2. The third kappa shape index (κ3) is 2.95. The van der Waals surface area contributed by atoms with Crippen molar-refractivity contribution in [1.29, 1.82) is 0 Å². The summed E-state index contributed by atoms with van der Waals surface area (Å²) in [6, 6.07) is 10.0. The fourth-order valence-electron chi connectivity index (χ4n) is 1.88. The van der Waals surface area contributed by atoms with E-state index in [1.807, 2.05) is 0 Å². The van der Waals surface area contributed by atoms with Gasteiger partial charge < -0.3 is 15.6 Å². The summed E-state index contributed by atoms with van der Waals surface area (Å²) in [5.74, 6) is 0.547. The number of nitrogen functional groups attached to an aromatic ring is 1. The molecule has 1 unspecified atom stereocenters. The lowest BCUT2D eigenvalue weighted by atomic mass is 9.99. The van der Waals surface area contributed by atoms with E-state index < -0.39 is 6.10 Å². The molecule has 0 amide bonds. The fraction of sp³-hybridized carbons (Fsp3) is 0.143. The minimum atomic E-state index is -0.925. The Morgan fingerprint density at radius 1 is 1.05 bits per heavy atom. The van der Waals surface area contributed by atoms with E-state index >= 15 is 0 Å². The second-order valence-corrected chi connectivity index (χ2v) is 4.93. The molecular weight excluding hydrogens is 285 g/mol. The summed E-state index contributed by atoms with van der Waals surface area (Å²) in [7, 11) is 1.53. The second kappa shape index (κ2) is 5.70. The molecule has 0 saturated carbocycles. The van der Waals surface area contributed by atoms with E-state index in [1.54, 1.807) is 36.4 Å². The van der Waals surface area contributed by atoms with Crippen molar-refractivity contribution in [3.63, 3.8) is 0 Å². The minimum absolute atomic E-state index is 0.419. The Balaban J connectivity index is 2.49. The van der Waals surface area contributed by atoms with Crippen molar-refractivity contribution in [2.24, 2.45) is 0 Å². The molecule has 0 aromatic heterocycles. The number of anilines is 1. The largest absolute Gasteiger partial charge is 0.496 e. The van der Waals surface area contributed by atoms with Crippen LogP contribution in [0, 0.1) is 0 Å². The number of hydrogen-bond acceptors (Lipinski definition) is 3. The molecule has 100 valence electrons.